The fraction of sp³-hybridized carbons (Fsp3) is 0.367. The molecule has 3 aromatic heterocycles. The molecule has 0 unspecified atom stereocenters. The van der Waals surface area contributed by atoms with Gasteiger partial charge in [-0.05, 0) is 68.6 Å². The molecule has 0 spiro atoms. The number of nitrogens with zero attached hydrogens (tertiary/aromatic N) is 6. The molecule has 42 heavy (non-hydrogen) atoms. The Balaban J connectivity index is 1.30. The first-order chi connectivity index (χ1) is 20.4. The van der Waals surface area contributed by atoms with Crippen LogP contribution in [0.1, 0.15) is 37.4 Å². The lowest BCUT2D eigenvalue weighted by Gasteiger charge is -2.31. The number of anilines is 1. The number of aromatic nitrogens is 5. The van der Waals surface area contributed by atoms with Crippen LogP contribution in [0.15, 0.2) is 55.2 Å². The molecule has 1 aromatic carbocycles. The third-order valence-electron chi connectivity index (χ3n) is 7.23. The molecule has 1 fully saturated rings. The number of aryl methyl sites for hydroxylation is 1. The minimum absolute atomic E-state index is 0.147. The van der Waals surface area contributed by atoms with Crippen molar-refractivity contribution >= 4 is 35.1 Å². The number of nitrogens with one attached hydrogen (secondary N) is 1. The SMILES string of the molecule is CCn1cncc1CNc1ncc(Oc2cc(CN3CCC(CC(=O)OC)CC3)cc(-c3cc(Cl)cc(Cl)c3)n2)cn1. The minimum Gasteiger partial charge on any atom is -0.469 e. The van der Waals surface area contributed by atoms with E-state index in [9.17, 15) is 4.79 Å². The van der Waals surface area contributed by atoms with Crippen LogP contribution < -0.4 is 10.1 Å². The summed E-state index contributed by atoms with van der Waals surface area (Å²) in [6.45, 7) is 5.95. The number of benzene rings is 1. The number of esters is 1. The van der Waals surface area contributed by atoms with Gasteiger partial charge in [-0.2, -0.15) is 0 Å². The van der Waals surface area contributed by atoms with Crippen LogP contribution >= 0.6 is 23.2 Å². The molecule has 0 saturated carbocycles. The summed E-state index contributed by atoms with van der Waals surface area (Å²) in [5, 5.41) is 4.27. The highest BCUT2D eigenvalue weighted by atomic mass is 35.5. The first-order valence-corrected chi connectivity index (χ1v) is 14.6. The number of ether oxygens (including phenoxy) is 2. The van der Waals surface area contributed by atoms with Gasteiger partial charge in [-0.15, -0.1) is 0 Å². The maximum absolute atomic E-state index is 11.7. The van der Waals surface area contributed by atoms with Gasteiger partial charge in [0.05, 0.1) is 43.8 Å². The third kappa shape index (κ3) is 7.96. The third-order valence-corrected chi connectivity index (χ3v) is 7.67. The van der Waals surface area contributed by atoms with Crippen molar-refractivity contribution in [3.63, 3.8) is 0 Å². The van der Waals surface area contributed by atoms with Gasteiger partial charge in [0.1, 0.15) is 0 Å². The fourth-order valence-corrected chi connectivity index (χ4v) is 5.53. The summed E-state index contributed by atoms with van der Waals surface area (Å²) in [7, 11) is 1.44. The zero-order valence-corrected chi connectivity index (χ0v) is 25.1. The number of likely N-dealkylation sites (tertiary alicyclic amines) is 1. The first-order valence-electron chi connectivity index (χ1n) is 13.9. The van der Waals surface area contributed by atoms with Crippen LogP contribution in [0.4, 0.5) is 5.95 Å². The summed E-state index contributed by atoms with van der Waals surface area (Å²) in [4.78, 5) is 31.8. The van der Waals surface area contributed by atoms with Gasteiger partial charge in [-0.1, -0.05) is 23.2 Å². The molecule has 4 heterocycles. The number of halogens is 2. The quantitative estimate of drug-likeness (QED) is 0.198. The highest BCUT2D eigenvalue weighted by Gasteiger charge is 2.22. The molecule has 0 atom stereocenters. The Labute approximate surface area is 255 Å². The summed E-state index contributed by atoms with van der Waals surface area (Å²) in [5.41, 5.74) is 3.56. The molecular formula is C30H33Cl2N7O3. The van der Waals surface area contributed by atoms with Crippen molar-refractivity contribution < 1.29 is 14.3 Å². The number of methoxy groups -OCH3 is 1. The van der Waals surface area contributed by atoms with Gasteiger partial charge in [-0.3, -0.25) is 9.69 Å². The van der Waals surface area contributed by atoms with E-state index in [2.05, 4.69) is 36.7 Å². The van der Waals surface area contributed by atoms with Gasteiger partial charge >= 0.3 is 5.97 Å². The highest BCUT2D eigenvalue weighted by molar-refractivity contribution is 6.35. The van der Waals surface area contributed by atoms with Crippen LogP contribution in [0.2, 0.25) is 10.0 Å². The normalized spacial score (nSPS) is 14.1. The Bertz CT molecular complexity index is 1490. The Morgan fingerprint density at radius 3 is 2.48 bits per heavy atom. The summed E-state index contributed by atoms with van der Waals surface area (Å²) in [6.07, 6.45) is 9.21. The van der Waals surface area contributed by atoms with Crippen molar-refractivity contribution in [2.75, 3.05) is 25.5 Å². The average Bonchev–Trinajstić information content (AvgIpc) is 3.45. The van der Waals surface area contributed by atoms with E-state index in [4.69, 9.17) is 37.7 Å². The van der Waals surface area contributed by atoms with Gasteiger partial charge in [0.2, 0.25) is 11.8 Å². The number of carbonyl (C=O) groups excluding carboxylic acids is 1. The van der Waals surface area contributed by atoms with E-state index in [1.807, 2.05) is 30.5 Å². The van der Waals surface area contributed by atoms with E-state index < -0.39 is 0 Å². The van der Waals surface area contributed by atoms with E-state index in [1.54, 1.807) is 24.8 Å². The lowest BCUT2D eigenvalue weighted by molar-refractivity contribution is -0.142. The molecule has 12 heteroatoms. The Hall–Kier alpha value is -3.73. The molecule has 1 aliphatic rings. The molecule has 10 nitrogen and oxygen atoms in total. The van der Waals surface area contributed by atoms with E-state index >= 15 is 0 Å². The number of pyridine rings is 1. The van der Waals surface area contributed by atoms with Gasteiger partial charge in [0.25, 0.3) is 0 Å². The molecule has 0 amide bonds. The second-order valence-electron chi connectivity index (χ2n) is 10.2. The van der Waals surface area contributed by atoms with Gasteiger partial charge < -0.3 is 19.4 Å². The van der Waals surface area contributed by atoms with Crippen molar-refractivity contribution in [3.05, 3.63) is 76.6 Å². The first kappa shape index (κ1) is 29.8. The maximum Gasteiger partial charge on any atom is 0.305 e. The largest absolute Gasteiger partial charge is 0.469 e. The van der Waals surface area contributed by atoms with Gasteiger partial charge in [0.15, 0.2) is 5.75 Å². The fourth-order valence-electron chi connectivity index (χ4n) is 5.01. The molecule has 1 saturated heterocycles. The second kappa shape index (κ2) is 14.0. The van der Waals surface area contributed by atoms with E-state index in [0.29, 0.717) is 58.7 Å². The number of hydrogen-bond acceptors (Lipinski definition) is 9. The number of carbonyl (C=O) groups is 1. The number of imidazole rings is 1. The van der Waals surface area contributed by atoms with Gasteiger partial charge in [0, 0.05) is 47.4 Å². The monoisotopic (exact) mass is 609 g/mol. The van der Waals surface area contributed by atoms with Crippen LogP contribution in [0.25, 0.3) is 11.3 Å². The minimum atomic E-state index is -0.147. The zero-order chi connectivity index (χ0) is 29.5. The Morgan fingerprint density at radius 1 is 1.05 bits per heavy atom. The maximum atomic E-state index is 11.7. The lowest BCUT2D eigenvalue weighted by atomic mass is 9.93. The molecule has 220 valence electrons. The predicted octanol–water partition coefficient (Wildman–Crippen LogP) is 6.24. The van der Waals surface area contributed by atoms with Crippen molar-refractivity contribution in [1.82, 2.24) is 29.4 Å². The summed E-state index contributed by atoms with van der Waals surface area (Å²) >= 11 is 12.6. The van der Waals surface area contributed by atoms with Gasteiger partial charge in [-0.25, -0.2) is 19.9 Å². The molecule has 5 rings (SSSR count). The van der Waals surface area contributed by atoms with Crippen LogP contribution in [0.3, 0.4) is 0 Å². The van der Waals surface area contributed by atoms with Crippen molar-refractivity contribution in [2.45, 2.75) is 45.8 Å². The number of piperidine rings is 1. The van der Waals surface area contributed by atoms with Crippen LogP contribution in [-0.4, -0.2) is 55.6 Å². The molecule has 0 bridgehead atoms. The van der Waals surface area contributed by atoms with E-state index in [0.717, 1.165) is 49.3 Å². The molecule has 1 aliphatic heterocycles. The van der Waals surface area contributed by atoms with Crippen LogP contribution in [0.5, 0.6) is 11.6 Å². The van der Waals surface area contributed by atoms with Crippen molar-refractivity contribution in [1.29, 1.82) is 0 Å². The number of hydrogen-bond donors (Lipinski definition) is 1. The average molecular weight is 611 g/mol. The van der Waals surface area contributed by atoms with E-state index in [-0.39, 0.29) is 5.97 Å². The van der Waals surface area contributed by atoms with E-state index in [1.165, 1.54) is 7.11 Å². The van der Waals surface area contributed by atoms with Crippen molar-refractivity contribution in [2.24, 2.45) is 5.92 Å². The smallest absolute Gasteiger partial charge is 0.305 e. The number of rotatable bonds is 11. The lowest BCUT2D eigenvalue weighted by Crippen LogP contribution is -2.34. The summed E-state index contributed by atoms with van der Waals surface area (Å²) < 4.78 is 13.0. The molecule has 1 N–H and O–H groups in total. The molecule has 4 aromatic rings. The molecular weight excluding hydrogens is 577 g/mol. The Morgan fingerprint density at radius 2 is 1.79 bits per heavy atom. The second-order valence-corrected chi connectivity index (χ2v) is 11.1. The van der Waals surface area contributed by atoms with Crippen molar-refractivity contribution in [3.8, 4) is 22.9 Å². The Kier molecular flexibility index (Phi) is 9.89. The summed E-state index contributed by atoms with van der Waals surface area (Å²) in [6, 6.07) is 9.30. The predicted molar refractivity (Wildman–Crippen MR) is 162 cm³/mol. The summed E-state index contributed by atoms with van der Waals surface area (Å²) in [5.74, 6) is 1.56. The van der Waals surface area contributed by atoms with Crippen LogP contribution in [0, 0.1) is 5.92 Å². The van der Waals surface area contributed by atoms with Crippen LogP contribution in [-0.2, 0) is 29.2 Å². The zero-order valence-electron chi connectivity index (χ0n) is 23.6. The molecule has 0 aliphatic carbocycles. The standard InChI is InChI=1S/C30H33Cl2N7O3/c1-3-39-19-33-14-25(39)15-34-30-35-16-26(17-36-30)42-28-9-21(8-27(37-28)22-11-23(31)13-24(32)12-22)18-38-6-4-20(5-7-38)10-29(40)41-2/h8-9,11-14,16-17,19-20H,3-7,10,15,18H2,1-2H3,(H,34,35,36). The highest BCUT2D eigenvalue weighted by Crippen LogP contribution is 2.31. The molecule has 0 radical (unpaired) electrons. The topological polar surface area (TPSA) is 107 Å².